The molecule has 0 aromatic heterocycles. The van der Waals surface area contributed by atoms with E-state index < -0.39 is 0 Å². The summed E-state index contributed by atoms with van der Waals surface area (Å²) in [5.74, 6) is 1.44. The quantitative estimate of drug-likeness (QED) is 0.534. The van der Waals surface area contributed by atoms with E-state index in [9.17, 15) is 4.79 Å². The van der Waals surface area contributed by atoms with Crippen molar-refractivity contribution >= 4 is 11.9 Å². The largest absolute Gasteiger partial charge is 0.378 e. The van der Waals surface area contributed by atoms with Gasteiger partial charge in [0.25, 0.3) is 0 Å². The number of ether oxygens (including phenoxy) is 1. The minimum atomic E-state index is 0.155. The highest BCUT2D eigenvalue weighted by Gasteiger charge is 2.30. The van der Waals surface area contributed by atoms with Crippen LogP contribution < -0.4 is 5.32 Å². The lowest BCUT2D eigenvalue weighted by atomic mass is 9.95. The minimum Gasteiger partial charge on any atom is -0.378 e. The second-order valence-corrected chi connectivity index (χ2v) is 7.11. The Morgan fingerprint density at radius 2 is 1.81 bits per heavy atom. The van der Waals surface area contributed by atoms with Crippen LogP contribution in [0.15, 0.2) is 4.99 Å². The van der Waals surface area contributed by atoms with Crippen LogP contribution >= 0.6 is 0 Å². The summed E-state index contributed by atoms with van der Waals surface area (Å²) < 4.78 is 5.35. The minimum absolute atomic E-state index is 0.155. The average molecular weight is 368 g/mol. The molecule has 0 aromatic rings. The number of rotatable bonds is 7. The van der Waals surface area contributed by atoms with Crippen LogP contribution in [0.4, 0.5) is 0 Å². The van der Waals surface area contributed by atoms with E-state index in [1.807, 2.05) is 11.9 Å². The second-order valence-electron chi connectivity index (χ2n) is 7.11. The van der Waals surface area contributed by atoms with Crippen LogP contribution in [0, 0.1) is 5.92 Å². The number of amides is 1. The summed E-state index contributed by atoms with van der Waals surface area (Å²) in [6.45, 7) is 13.2. The zero-order valence-electron chi connectivity index (χ0n) is 16.9. The van der Waals surface area contributed by atoms with Gasteiger partial charge in [-0.05, 0) is 32.4 Å². The van der Waals surface area contributed by atoms with E-state index in [0.717, 1.165) is 71.2 Å². The Balaban J connectivity index is 1.73. The molecule has 1 N–H and O–H groups in total. The van der Waals surface area contributed by atoms with E-state index in [4.69, 9.17) is 4.74 Å². The molecular formula is C19H37N5O2. The van der Waals surface area contributed by atoms with E-state index in [2.05, 4.69) is 34.0 Å². The maximum Gasteiger partial charge on any atom is 0.225 e. The molecule has 0 aliphatic carbocycles. The van der Waals surface area contributed by atoms with E-state index in [-0.39, 0.29) is 5.92 Å². The zero-order valence-corrected chi connectivity index (χ0v) is 16.9. The van der Waals surface area contributed by atoms with E-state index in [1.54, 1.807) is 0 Å². The molecule has 2 saturated heterocycles. The molecule has 2 aliphatic rings. The van der Waals surface area contributed by atoms with Crippen molar-refractivity contribution in [1.82, 2.24) is 20.0 Å². The third kappa shape index (κ3) is 6.13. The van der Waals surface area contributed by atoms with Crippen molar-refractivity contribution < 1.29 is 9.53 Å². The van der Waals surface area contributed by atoms with Gasteiger partial charge in [-0.25, -0.2) is 0 Å². The van der Waals surface area contributed by atoms with Gasteiger partial charge >= 0.3 is 0 Å². The summed E-state index contributed by atoms with van der Waals surface area (Å²) in [5, 5.41) is 3.49. The van der Waals surface area contributed by atoms with Crippen LogP contribution in [0.5, 0.6) is 0 Å². The van der Waals surface area contributed by atoms with Crippen LogP contribution in [-0.4, -0.2) is 99.2 Å². The molecule has 26 heavy (non-hydrogen) atoms. The fourth-order valence-corrected chi connectivity index (χ4v) is 3.78. The number of likely N-dealkylation sites (tertiary alicyclic amines) is 1. The molecule has 7 heteroatoms. The number of nitrogens with zero attached hydrogens (tertiary/aromatic N) is 4. The molecule has 0 saturated carbocycles. The first-order chi connectivity index (χ1) is 12.7. The van der Waals surface area contributed by atoms with Gasteiger partial charge in [0, 0.05) is 52.2 Å². The third-order valence-corrected chi connectivity index (χ3v) is 5.38. The van der Waals surface area contributed by atoms with Crippen LogP contribution in [0.3, 0.4) is 0 Å². The van der Waals surface area contributed by atoms with Crippen molar-refractivity contribution in [2.24, 2.45) is 10.9 Å². The van der Waals surface area contributed by atoms with Gasteiger partial charge in [0.05, 0.1) is 13.2 Å². The number of hydrogen-bond donors (Lipinski definition) is 1. The average Bonchev–Trinajstić information content (AvgIpc) is 2.70. The summed E-state index contributed by atoms with van der Waals surface area (Å²) >= 11 is 0. The number of morpholine rings is 1. The van der Waals surface area contributed by atoms with Gasteiger partial charge in [-0.15, -0.1) is 0 Å². The molecule has 2 rings (SSSR count). The molecule has 0 bridgehead atoms. The Bertz CT molecular complexity index is 443. The van der Waals surface area contributed by atoms with Gasteiger partial charge in [-0.3, -0.25) is 9.79 Å². The van der Waals surface area contributed by atoms with Crippen molar-refractivity contribution in [1.29, 1.82) is 0 Å². The van der Waals surface area contributed by atoms with Gasteiger partial charge in [0.2, 0.25) is 5.91 Å². The number of guanidine groups is 1. The first kappa shape index (κ1) is 21.0. The molecule has 0 aromatic carbocycles. The maximum absolute atomic E-state index is 12.6. The van der Waals surface area contributed by atoms with Crippen LogP contribution in [0.25, 0.3) is 0 Å². The fourth-order valence-electron chi connectivity index (χ4n) is 3.78. The SMILES string of the molecule is CCCN(CC)CCNC(=NC)N1CCC(C(=O)N2CCOCC2)CC1. The molecular weight excluding hydrogens is 330 g/mol. The molecule has 7 nitrogen and oxygen atoms in total. The van der Waals surface area contributed by atoms with E-state index in [1.165, 1.54) is 6.42 Å². The number of aliphatic imine (C=N–C) groups is 1. The lowest BCUT2D eigenvalue weighted by Crippen LogP contribution is -2.50. The van der Waals surface area contributed by atoms with Crippen molar-refractivity contribution in [3.63, 3.8) is 0 Å². The number of hydrogen-bond acceptors (Lipinski definition) is 4. The third-order valence-electron chi connectivity index (χ3n) is 5.38. The van der Waals surface area contributed by atoms with Crippen molar-refractivity contribution in [2.45, 2.75) is 33.1 Å². The van der Waals surface area contributed by atoms with Gasteiger partial charge in [-0.1, -0.05) is 13.8 Å². The highest BCUT2D eigenvalue weighted by Crippen LogP contribution is 2.20. The summed E-state index contributed by atoms with van der Waals surface area (Å²) in [4.78, 5) is 23.8. The van der Waals surface area contributed by atoms with E-state index >= 15 is 0 Å². The Hall–Kier alpha value is -1.34. The standard InChI is InChI=1S/C19H37N5O2/c1-4-9-22(5-2)12-8-21-19(20-3)24-10-6-17(7-11-24)18(25)23-13-15-26-16-14-23/h17H,4-16H2,1-3H3,(H,20,21). The van der Waals surface area contributed by atoms with Crippen molar-refractivity contribution in [3.05, 3.63) is 0 Å². The summed E-state index contributed by atoms with van der Waals surface area (Å²) in [6, 6.07) is 0. The number of carbonyl (C=O) groups is 1. The molecule has 0 spiro atoms. The molecule has 2 heterocycles. The number of carbonyl (C=O) groups excluding carboxylic acids is 1. The zero-order chi connectivity index (χ0) is 18.8. The number of piperidine rings is 1. The molecule has 0 unspecified atom stereocenters. The normalized spacial score (nSPS) is 19.9. The summed E-state index contributed by atoms with van der Waals surface area (Å²) in [7, 11) is 1.84. The molecule has 0 atom stereocenters. The lowest BCUT2D eigenvalue weighted by molar-refractivity contribution is -0.140. The van der Waals surface area contributed by atoms with Crippen LogP contribution in [0.1, 0.15) is 33.1 Å². The monoisotopic (exact) mass is 367 g/mol. The lowest BCUT2D eigenvalue weighted by Gasteiger charge is -2.36. The first-order valence-corrected chi connectivity index (χ1v) is 10.2. The number of nitrogens with one attached hydrogen (secondary N) is 1. The summed E-state index contributed by atoms with van der Waals surface area (Å²) in [6.07, 6.45) is 3.01. The van der Waals surface area contributed by atoms with Crippen LogP contribution in [0.2, 0.25) is 0 Å². The number of likely N-dealkylation sites (N-methyl/N-ethyl adjacent to an activating group) is 1. The Kier molecular flexibility index (Phi) is 9.18. The van der Waals surface area contributed by atoms with Gasteiger partial charge < -0.3 is 24.8 Å². The van der Waals surface area contributed by atoms with Gasteiger partial charge in [-0.2, -0.15) is 0 Å². The maximum atomic E-state index is 12.6. The smallest absolute Gasteiger partial charge is 0.225 e. The first-order valence-electron chi connectivity index (χ1n) is 10.2. The second kappa shape index (κ2) is 11.4. The van der Waals surface area contributed by atoms with E-state index in [0.29, 0.717) is 19.1 Å². The molecule has 0 radical (unpaired) electrons. The predicted molar refractivity (Wildman–Crippen MR) is 105 cm³/mol. The van der Waals surface area contributed by atoms with Crippen molar-refractivity contribution in [2.75, 3.05) is 72.6 Å². The molecule has 1 amide bonds. The van der Waals surface area contributed by atoms with Gasteiger partial charge in [0.1, 0.15) is 0 Å². The fraction of sp³-hybridized carbons (Fsp3) is 0.895. The van der Waals surface area contributed by atoms with Gasteiger partial charge in [0.15, 0.2) is 5.96 Å². The van der Waals surface area contributed by atoms with Crippen molar-refractivity contribution in [3.8, 4) is 0 Å². The Morgan fingerprint density at radius 1 is 1.12 bits per heavy atom. The Labute approximate surface area is 158 Å². The molecule has 2 fully saturated rings. The highest BCUT2D eigenvalue weighted by atomic mass is 16.5. The molecule has 150 valence electrons. The van der Waals surface area contributed by atoms with Crippen LogP contribution in [-0.2, 0) is 9.53 Å². The summed E-state index contributed by atoms with van der Waals surface area (Å²) in [5.41, 5.74) is 0. The topological polar surface area (TPSA) is 60.4 Å². The highest BCUT2D eigenvalue weighted by molar-refractivity contribution is 5.81. The Morgan fingerprint density at radius 3 is 2.38 bits per heavy atom. The predicted octanol–water partition coefficient (Wildman–Crippen LogP) is 0.865. The molecule has 2 aliphatic heterocycles.